The number of anilines is 1. The molecule has 1 aliphatic rings. The molecule has 0 radical (unpaired) electrons. The van der Waals surface area contributed by atoms with Gasteiger partial charge < -0.3 is 9.21 Å². The summed E-state index contributed by atoms with van der Waals surface area (Å²) in [4.78, 5) is 26.3. The standard InChI is InChI=1S/C14H20N2O3/c1-11(2)15-7-8-16(13(18)10-15)14-6-5-12(19-14)4-3-9-17/h5-6,9,11H,3-4,7-8,10H2,1-2H3. The van der Waals surface area contributed by atoms with E-state index in [1.54, 1.807) is 4.90 Å². The maximum atomic E-state index is 12.1. The van der Waals surface area contributed by atoms with Gasteiger partial charge in [0.05, 0.1) is 6.54 Å². The van der Waals surface area contributed by atoms with Gasteiger partial charge in [-0.05, 0) is 19.9 Å². The fourth-order valence-electron chi connectivity index (χ4n) is 2.21. The van der Waals surface area contributed by atoms with Crippen LogP contribution in [0.4, 0.5) is 5.88 Å². The lowest BCUT2D eigenvalue weighted by Gasteiger charge is -2.35. The monoisotopic (exact) mass is 264 g/mol. The van der Waals surface area contributed by atoms with Crippen LogP contribution >= 0.6 is 0 Å². The molecule has 1 amide bonds. The smallest absolute Gasteiger partial charge is 0.243 e. The lowest BCUT2D eigenvalue weighted by atomic mass is 10.2. The van der Waals surface area contributed by atoms with Crippen LogP contribution in [-0.2, 0) is 16.0 Å². The molecule has 0 spiro atoms. The highest BCUT2D eigenvalue weighted by atomic mass is 16.4. The molecule has 2 rings (SSSR count). The van der Waals surface area contributed by atoms with Crippen LogP contribution in [0.3, 0.4) is 0 Å². The van der Waals surface area contributed by atoms with Gasteiger partial charge in [-0.25, -0.2) is 0 Å². The average Bonchev–Trinajstić information content (AvgIpc) is 2.84. The number of aldehydes is 1. The van der Waals surface area contributed by atoms with E-state index < -0.39 is 0 Å². The number of amides is 1. The van der Waals surface area contributed by atoms with E-state index in [0.717, 1.165) is 18.6 Å². The summed E-state index contributed by atoms with van der Waals surface area (Å²) in [5, 5.41) is 0. The van der Waals surface area contributed by atoms with Crippen molar-refractivity contribution in [3.63, 3.8) is 0 Å². The van der Waals surface area contributed by atoms with Gasteiger partial charge in [0.15, 0.2) is 0 Å². The minimum atomic E-state index is 0.0660. The van der Waals surface area contributed by atoms with Crippen LogP contribution in [0, 0.1) is 0 Å². The maximum absolute atomic E-state index is 12.1. The first-order valence-electron chi connectivity index (χ1n) is 6.68. The van der Waals surface area contributed by atoms with Gasteiger partial charge in [0.1, 0.15) is 12.0 Å². The number of rotatable bonds is 5. The van der Waals surface area contributed by atoms with Gasteiger partial charge in [-0.2, -0.15) is 0 Å². The van der Waals surface area contributed by atoms with Crippen molar-refractivity contribution in [1.29, 1.82) is 0 Å². The zero-order valence-electron chi connectivity index (χ0n) is 11.5. The Hall–Kier alpha value is -1.62. The molecule has 1 aromatic heterocycles. The molecule has 1 fully saturated rings. The fraction of sp³-hybridized carbons (Fsp3) is 0.571. The zero-order valence-corrected chi connectivity index (χ0v) is 11.5. The minimum absolute atomic E-state index is 0.0660. The van der Waals surface area contributed by atoms with E-state index in [4.69, 9.17) is 4.42 Å². The van der Waals surface area contributed by atoms with Crippen molar-refractivity contribution in [3.8, 4) is 0 Å². The molecule has 1 aliphatic heterocycles. The highest BCUT2D eigenvalue weighted by Gasteiger charge is 2.27. The number of hydrogen-bond acceptors (Lipinski definition) is 4. The van der Waals surface area contributed by atoms with Crippen LogP contribution in [0.15, 0.2) is 16.5 Å². The van der Waals surface area contributed by atoms with Crippen molar-refractivity contribution in [2.45, 2.75) is 32.7 Å². The molecule has 0 bridgehead atoms. The average molecular weight is 264 g/mol. The Bertz CT molecular complexity index is 453. The van der Waals surface area contributed by atoms with E-state index in [-0.39, 0.29) is 5.91 Å². The Labute approximate surface area is 113 Å². The summed E-state index contributed by atoms with van der Waals surface area (Å²) in [6.45, 7) is 6.12. The van der Waals surface area contributed by atoms with E-state index >= 15 is 0 Å². The van der Waals surface area contributed by atoms with Gasteiger partial charge in [0.25, 0.3) is 0 Å². The van der Waals surface area contributed by atoms with E-state index in [1.807, 2.05) is 12.1 Å². The SMILES string of the molecule is CC(C)N1CCN(c2ccc(CCC=O)o2)C(=O)C1. The minimum Gasteiger partial charge on any atom is -0.445 e. The molecule has 5 nitrogen and oxygen atoms in total. The normalized spacial score (nSPS) is 17.2. The lowest BCUT2D eigenvalue weighted by Crippen LogP contribution is -2.52. The largest absolute Gasteiger partial charge is 0.445 e. The summed E-state index contributed by atoms with van der Waals surface area (Å²) in [6.07, 6.45) is 1.90. The van der Waals surface area contributed by atoms with Crippen LogP contribution in [0.25, 0.3) is 0 Å². The topological polar surface area (TPSA) is 53.8 Å². The molecular weight excluding hydrogens is 244 g/mol. The van der Waals surface area contributed by atoms with E-state index in [9.17, 15) is 9.59 Å². The molecule has 0 unspecified atom stereocenters. The van der Waals surface area contributed by atoms with Gasteiger partial charge in [-0.3, -0.25) is 14.6 Å². The van der Waals surface area contributed by atoms with Crippen LogP contribution in [-0.4, -0.2) is 42.8 Å². The molecule has 2 heterocycles. The van der Waals surface area contributed by atoms with Crippen molar-refractivity contribution >= 4 is 18.1 Å². The molecule has 5 heteroatoms. The first kappa shape index (κ1) is 13.8. The number of furan rings is 1. The molecule has 19 heavy (non-hydrogen) atoms. The summed E-state index contributed by atoms with van der Waals surface area (Å²) in [5.74, 6) is 1.41. The van der Waals surface area contributed by atoms with E-state index in [2.05, 4.69) is 18.7 Å². The molecule has 104 valence electrons. The second-order valence-electron chi connectivity index (χ2n) is 5.05. The lowest BCUT2D eigenvalue weighted by molar-refractivity contribution is -0.122. The summed E-state index contributed by atoms with van der Waals surface area (Å²) in [5.41, 5.74) is 0. The number of piperazine rings is 1. The molecule has 0 aromatic carbocycles. The van der Waals surface area contributed by atoms with Gasteiger partial charge >= 0.3 is 0 Å². The summed E-state index contributed by atoms with van der Waals surface area (Å²) in [6, 6.07) is 4.02. The first-order valence-corrected chi connectivity index (χ1v) is 6.68. The summed E-state index contributed by atoms with van der Waals surface area (Å²) < 4.78 is 5.62. The second kappa shape index (κ2) is 6.02. The molecule has 1 saturated heterocycles. The quantitative estimate of drug-likeness (QED) is 0.756. The Kier molecular flexibility index (Phi) is 4.37. The number of hydrogen-bond donors (Lipinski definition) is 0. The molecule has 0 atom stereocenters. The Balaban J connectivity index is 2.00. The second-order valence-corrected chi connectivity index (χ2v) is 5.05. The van der Waals surface area contributed by atoms with E-state index in [1.165, 1.54) is 0 Å². The van der Waals surface area contributed by atoms with Crippen molar-refractivity contribution < 1.29 is 14.0 Å². The molecule has 1 aromatic rings. The van der Waals surface area contributed by atoms with Crippen molar-refractivity contribution in [2.24, 2.45) is 0 Å². The third kappa shape index (κ3) is 3.23. The molecule has 0 aliphatic carbocycles. The number of aryl methyl sites for hydroxylation is 1. The highest BCUT2D eigenvalue weighted by Crippen LogP contribution is 2.22. The number of nitrogens with zero attached hydrogens (tertiary/aromatic N) is 2. The third-order valence-corrected chi connectivity index (χ3v) is 3.40. The van der Waals surface area contributed by atoms with Crippen molar-refractivity contribution in [3.05, 3.63) is 17.9 Å². The number of carbonyl (C=O) groups is 2. The van der Waals surface area contributed by atoms with Crippen molar-refractivity contribution in [1.82, 2.24) is 4.90 Å². The zero-order chi connectivity index (χ0) is 13.8. The van der Waals surface area contributed by atoms with Crippen LogP contribution in [0.5, 0.6) is 0 Å². The third-order valence-electron chi connectivity index (χ3n) is 3.40. The predicted molar refractivity (Wildman–Crippen MR) is 72.2 cm³/mol. The van der Waals surface area contributed by atoms with Gasteiger partial charge in [-0.1, -0.05) is 0 Å². The Morgan fingerprint density at radius 3 is 2.79 bits per heavy atom. The summed E-state index contributed by atoms with van der Waals surface area (Å²) >= 11 is 0. The highest BCUT2D eigenvalue weighted by molar-refractivity contribution is 5.94. The fourth-order valence-corrected chi connectivity index (χ4v) is 2.21. The van der Waals surface area contributed by atoms with Crippen LogP contribution < -0.4 is 4.90 Å². The maximum Gasteiger partial charge on any atom is 0.243 e. The first-order chi connectivity index (χ1) is 9.11. The number of carbonyl (C=O) groups excluding carboxylic acids is 2. The van der Waals surface area contributed by atoms with E-state index in [0.29, 0.717) is 37.9 Å². The Morgan fingerprint density at radius 2 is 2.16 bits per heavy atom. The van der Waals surface area contributed by atoms with Gasteiger partial charge in [0, 0.05) is 38.0 Å². The van der Waals surface area contributed by atoms with Crippen LogP contribution in [0.1, 0.15) is 26.0 Å². The van der Waals surface area contributed by atoms with Crippen molar-refractivity contribution in [2.75, 3.05) is 24.5 Å². The van der Waals surface area contributed by atoms with Crippen LogP contribution in [0.2, 0.25) is 0 Å². The molecule has 0 saturated carbocycles. The Morgan fingerprint density at radius 1 is 1.37 bits per heavy atom. The predicted octanol–water partition coefficient (Wildman–Crippen LogP) is 1.47. The molecule has 0 N–H and O–H groups in total. The van der Waals surface area contributed by atoms with Gasteiger partial charge in [-0.15, -0.1) is 0 Å². The molecular formula is C14H20N2O3. The van der Waals surface area contributed by atoms with Gasteiger partial charge in [0.2, 0.25) is 11.8 Å². The summed E-state index contributed by atoms with van der Waals surface area (Å²) in [7, 11) is 0.